The maximum absolute atomic E-state index is 12.6. The number of hydrogen-bond acceptors (Lipinski definition) is 4. The molecule has 2 aromatic heterocycles. The van der Waals surface area contributed by atoms with Crippen LogP contribution in [0.15, 0.2) is 53.2 Å². The molecule has 2 atom stereocenters. The number of rotatable bonds is 4. The standard InChI is InChI=1S/C21H18N2O2S2/c24-20-14-4-1-2-5-15(14)21(25)23(20)11-10-22-9-7-17-16(8-13-27-17)19(22)18-6-3-12-26-18/h1-6,8,12-13,19H,7,9-11H2/p+1/t19-/m1/s1. The molecule has 0 aliphatic carbocycles. The van der Waals surface area contributed by atoms with E-state index in [0.29, 0.717) is 23.7 Å². The maximum Gasteiger partial charge on any atom is 0.261 e. The van der Waals surface area contributed by atoms with E-state index in [0.717, 1.165) is 19.5 Å². The van der Waals surface area contributed by atoms with E-state index in [2.05, 4.69) is 29.0 Å². The third kappa shape index (κ3) is 2.76. The van der Waals surface area contributed by atoms with Crippen molar-refractivity contribution in [3.05, 3.63) is 79.7 Å². The van der Waals surface area contributed by atoms with Gasteiger partial charge in [0.2, 0.25) is 0 Å². The molecule has 27 heavy (non-hydrogen) atoms. The molecular weight excluding hydrogens is 376 g/mol. The number of quaternary nitrogens is 1. The SMILES string of the molecule is O=C1c2ccccc2C(=O)N1CC[NH+]1CCc2sccc2[C@@H]1c1cccs1. The van der Waals surface area contributed by atoms with Crippen LogP contribution < -0.4 is 4.90 Å². The van der Waals surface area contributed by atoms with Crippen LogP contribution in [0.25, 0.3) is 0 Å². The summed E-state index contributed by atoms with van der Waals surface area (Å²) in [6.45, 7) is 2.26. The van der Waals surface area contributed by atoms with Crippen LogP contribution in [0.4, 0.5) is 0 Å². The summed E-state index contributed by atoms with van der Waals surface area (Å²) in [6, 6.07) is 14.0. The Morgan fingerprint density at radius 1 is 0.963 bits per heavy atom. The summed E-state index contributed by atoms with van der Waals surface area (Å²) in [4.78, 5) is 31.0. The second kappa shape index (κ2) is 6.71. The molecule has 6 heteroatoms. The Bertz CT molecular complexity index is 974. The molecule has 1 unspecified atom stereocenters. The first-order valence-electron chi connectivity index (χ1n) is 9.13. The lowest BCUT2D eigenvalue weighted by molar-refractivity contribution is -0.926. The van der Waals surface area contributed by atoms with Gasteiger partial charge in [-0.2, -0.15) is 0 Å². The maximum atomic E-state index is 12.6. The first kappa shape index (κ1) is 16.9. The molecule has 3 aromatic rings. The van der Waals surface area contributed by atoms with Crippen molar-refractivity contribution in [3.8, 4) is 0 Å². The van der Waals surface area contributed by atoms with Crippen molar-refractivity contribution in [1.82, 2.24) is 4.90 Å². The van der Waals surface area contributed by atoms with Crippen molar-refractivity contribution in [3.63, 3.8) is 0 Å². The summed E-state index contributed by atoms with van der Waals surface area (Å²) >= 11 is 3.62. The zero-order chi connectivity index (χ0) is 18.4. The molecule has 1 aromatic carbocycles. The summed E-state index contributed by atoms with van der Waals surface area (Å²) in [5.41, 5.74) is 2.48. The van der Waals surface area contributed by atoms with E-state index in [-0.39, 0.29) is 11.8 Å². The normalized spacial score (nSPS) is 21.4. The molecule has 0 fully saturated rings. The lowest BCUT2D eigenvalue weighted by atomic mass is 9.98. The van der Waals surface area contributed by atoms with Gasteiger partial charge < -0.3 is 4.90 Å². The number of hydrogen-bond donors (Lipinski definition) is 1. The summed E-state index contributed by atoms with van der Waals surface area (Å²) in [6.07, 6.45) is 1.06. The highest BCUT2D eigenvalue weighted by Gasteiger charge is 2.38. The summed E-state index contributed by atoms with van der Waals surface area (Å²) < 4.78 is 0. The number of nitrogens with one attached hydrogen (secondary N) is 1. The minimum absolute atomic E-state index is 0.157. The van der Waals surface area contributed by atoms with Gasteiger partial charge in [0, 0.05) is 16.9 Å². The average Bonchev–Trinajstić information content (AvgIpc) is 3.42. The number of amides is 2. The van der Waals surface area contributed by atoms with Crippen LogP contribution in [-0.2, 0) is 6.42 Å². The molecule has 0 spiro atoms. The Morgan fingerprint density at radius 2 is 1.74 bits per heavy atom. The van der Waals surface area contributed by atoms with Crippen LogP contribution >= 0.6 is 22.7 Å². The lowest BCUT2D eigenvalue weighted by Gasteiger charge is -2.33. The number of nitrogens with zero attached hydrogens (tertiary/aromatic N) is 1. The number of benzene rings is 1. The first-order chi connectivity index (χ1) is 13.2. The quantitative estimate of drug-likeness (QED) is 0.690. The van der Waals surface area contributed by atoms with Crippen LogP contribution in [0.5, 0.6) is 0 Å². The van der Waals surface area contributed by atoms with Crippen molar-refractivity contribution in [2.24, 2.45) is 0 Å². The Kier molecular flexibility index (Phi) is 4.19. The predicted octanol–water partition coefficient (Wildman–Crippen LogP) is 2.64. The molecule has 0 saturated carbocycles. The molecule has 0 radical (unpaired) electrons. The van der Waals surface area contributed by atoms with Crippen molar-refractivity contribution >= 4 is 34.5 Å². The lowest BCUT2D eigenvalue weighted by Crippen LogP contribution is -3.14. The fraction of sp³-hybridized carbons (Fsp3) is 0.238. The second-order valence-corrected chi connectivity index (χ2v) is 8.94. The monoisotopic (exact) mass is 395 g/mol. The van der Waals surface area contributed by atoms with Gasteiger partial charge in [-0.1, -0.05) is 18.2 Å². The topological polar surface area (TPSA) is 41.8 Å². The van der Waals surface area contributed by atoms with Crippen molar-refractivity contribution < 1.29 is 14.5 Å². The molecular formula is C21H19N2O2S2+. The van der Waals surface area contributed by atoms with Gasteiger partial charge in [0.15, 0.2) is 0 Å². The highest BCUT2D eigenvalue weighted by molar-refractivity contribution is 7.10. The summed E-state index contributed by atoms with van der Waals surface area (Å²) in [5, 5.41) is 4.30. The third-order valence-electron chi connectivity index (χ3n) is 5.53. The predicted molar refractivity (Wildman–Crippen MR) is 107 cm³/mol. The van der Waals surface area contributed by atoms with Gasteiger partial charge >= 0.3 is 0 Å². The third-order valence-corrected chi connectivity index (χ3v) is 7.47. The Balaban J connectivity index is 1.38. The van der Waals surface area contributed by atoms with Gasteiger partial charge in [-0.25, -0.2) is 0 Å². The minimum Gasteiger partial charge on any atom is -0.322 e. The molecule has 136 valence electrons. The van der Waals surface area contributed by atoms with E-state index in [1.54, 1.807) is 23.5 Å². The molecule has 2 aliphatic rings. The van der Waals surface area contributed by atoms with E-state index < -0.39 is 0 Å². The van der Waals surface area contributed by atoms with Gasteiger partial charge in [-0.05, 0) is 35.0 Å². The smallest absolute Gasteiger partial charge is 0.261 e. The van der Waals surface area contributed by atoms with E-state index in [1.807, 2.05) is 23.5 Å². The van der Waals surface area contributed by atoms with Gasteiger partial charge in [0.1, 0.15) is 6.04 Å². The van der Waals surface area contributed by atoms with Gasteiger partial charge in [-0.3, -0.25) is 14.5 Å². The van der Waals surface area contributed by atoms with Crippen molar-refractivity contribution in [1.29, 1.82) is 0 Å². The van der Waals surface area contributed by atoms with E-state index in [4.69, 9.17) is 0 Å². The molecule has 0 saturated heterocycles. The van der Waals surface area contributed by atoms with E-state index in [9.17, 15) is 9.59 Å². The number of carbonyl (C=O) groups is 2. The molecule has 4 heterocycles. The number of imide groups is 1. The largest absolute Gasteiger partial charge is 0.322 e. The molecule has 2 aliphatic heterocycles. The Morgan fingerprint density at radius 3 is 2.44 bits per heavy atom. The van der Waals surface area contributed by atoms with Gasteiger partial charge in [-0.15, -0.1) is 22.7 Å². The number of carbonyl (C=O) groups excluding carboxylic acids is 2. The van der Waals surface area contributed by atoms with E-state index >= 15 is 0 Å². The van der Waals surface area contributed by atoms with Gasteiger partial charge in [0.05, 0.1) is 35.6 Å². The van der Waals surface area contributed by atoms with Gasteiger partial charge in [0.25, 0.3) is 11.8 Å². The van der Waals surface area contributed by atoms with Crippen LogP contribution in [0, 0.1) is 0 Å². The molecule has 1 N–H and O–H groups in total. The first-order valence-corrected chi connectivity index (χ1v) is 10.9. The Hall–Kier alpha value is -2.28. The fourth-order valence-corrected chi connectivity index (χ4v) is 6.05. The highest BCUT2D eigenvalue weighted by atomic mass is 32.1. The average molecular weight is 396 g/mol. The van der Waals surface area contributed by atoms with E-state index in [1.165, 1.54) is 25.1 Å². The molecule has 2 amide bonds. The van der Waals surface area contributed by atoms with Crippen LogP contribution in [0.3, 0.4) is 0 Å². The van der Waals surface area contributed by atoms with Crippen LogP contribution in [0.1, 0.15) is 42.1 Å². The molecule has 5 rings (SSSR count). The molecule has 0 bridgehead atoms. The van der Waals surface area contributed by atoms with Crippen LogP contribution in [0.2, 0.25) is 0 Å². The zero-order valence-electron chi connectivity index (χ0n) is 14.7. The second-order valence-electron chi connectivity index (χ2n) is 6.96. The van der Waals surface area contributed by atoms with Crippen molar-refractivity contribution in [2.45, 2.75) is 12.5 Å². The van der Waals surface area contributed by atoms with Crippen molar-refractivity contribution in [2.75, 3.05) is 19.6 Å². The summed E-state index contributed by atoms with van der Waals surface area (Å²) in [5.74, 6) is -0.313. The zero-order valence-corrected chi connectivity index (χ0v) is 16.3. The minimum atomic E-state index is -0.157. The number of thiophene rings is 2. The highest BCUT2D eigenvalue weighted by Crippen LogP contribution is 2.31. The molecule has 4 nitrogen and oxygen atoms in total. The Labute approximate surface area is 165 Å². The van der Waals surface area contributed by atoms with Crippen LogP contribution in [-0.4, -0.2) is 36.3 Å². The number of fused-ring (bicyclic) bond motifs is 2. The summed E-state index contributed by atoms with van der Waals surface area (Å²) in [7, 11) is 0. The fourth-order valence-electron chi connectivity index (χ4n) is 4.23.